The molecule has 7 nitrogen and oxygen atoms in total. The van der Waals surface area contributed by atoms with Crippen LogP contribution >= 0.6 is 0 Å². The number of carbonyl (C=O) groups excluding carboxylic acids is 4. The van der Waals surface area contributed by atoms with Crippen molar-refractivity contribution < 1.29 is 33.4 Å². The molecule has 0 amide bonds. The molecule has 0 N–H and O–H groups in total. The molecule has 2 bridgehead atoms. The Labute approximate surface area is 194 Å². The van der Waals surface area contributed by atoms with E-state index in [1.54, 1.807) is 6.08 Å². The Morgan fingerprint density at radius 2 is 1.58 bits per heavy atom. The second-order valence-corrected chi connectivity index (χ2v) is 11.1. The van der Waals surface area contributed by atoms with Crippen molar-refractivity contribution >= 4 is 23.7 Å². The molecule has 4 rings (SSSR count). The third-order valence-electron chi connectivity index (χ3n) is 8.90. The highest BCUT2D eigenvalue weighted by atomic mass is 16.6. The predicted molar refractivity (Wildman–Crippen MR) is 119 cm³/mol. The van der Waals surface area contributed by atoms with E-state index in [0.29, 0.717) is 19.3 Å². The summed E-state index contributed by atoms with van der Waals surface area (Å²) in [6.07, 6.45) is 3.44. The van der Waals surface area contributed by atoms with Crippen LogP contribution in [-0.4, -0.2) is 42.0 Å². The van der Waals surface area contributed by atoms with E-state index in [2.05, 4.69) is 13.5 Å². The van der Waals surface area contributed by atoms with Crippen molar-refractivity contribution in [2.24, 2.45) is 34.0 Å². The summed E-state index contributed by atoms with van der Waals surface area (Å²) in [7, 11) is 0. The van der Waals surface area contributed by atoms with E-state index in [-0.39, 0.29) is 23.5 Å². The van der Waals surface area contributed by atoms with Crippen LogP contribution in [0.5, 0.6) is 0 Å². The number of hydrogen-bond acceptors (Lipinski definition) is 7. The zero-order valence-corrected chi connectivity index (χ0v) is 20.3. The summed E-state index contributed by atoms with van der Waals surface area (Å²) in [6.45, 7) is 14.3. The van der Waals surface area contributed by atoms with Gasteiger partial charge in [0.25, 0.3) is 0 Å². The molecule has 8 atom stereocenters. The van der Waals surface area contributed by atoms with E-state index in [4.69, 9.17) is 14.2 Å². The molecule has 7 heteroatoms. The monoisotopic (exact) mass is 458 g/mol. The fourth-order valence-electron chi connectivity index (χ4n) is 7.87. The number of carbonyl (C=O) groups is 4. The fraction of sp³-hybridized carbons (Fsp3) is 0.692. The van der Waals surface area contributed by atoms with Gasteiger partial charge in [0.15, 0.2) is 5.78 Å². The number of ether oxygens (including phenoxy) is 3. The van der Waals surface area contributed by atoms with Gasteiger partial charge in [0, 0.05) is 32.1 Å². The molecule has 8 unspecified atom stereocenters. The van der Waals surface area contributed by atoms with Crippen molar-refractivity contribution in [3.63, 3.8) is 0 Å². The topological polar surface area (TPSA) is 96.0 Å². The van der Waals surface area contributed by atoms with Gasteiger partial charge in [-0.25, -0.2) is 0 Å². The second kappa shape index (κ2) is 7.54. The lowest BCUT2D eigenvalue weighted by Gasteiger charge is -2.64. The molecule has 3 saturated carbocycles. The van der Waals surface area contributed by atoms with Crippen molar-refractivity contribution in [3.8, 4) is 0 Å². The molecule has 0 heterocycles. The van der Waals surface area contributed by atoms with Crippen LogP contribution in [0.25, 0.3) is 0 Å². The molecule has 0 radical (unpaired) electrons. The quantitative estimate of drug-likeness (QED) is 0.362. The molecule has 4 aliphatic rings. The molecular formula is C26H34O7. The number of hydrogen-bond donors (Lipinski definition) is 0. The molecule has 4 aliphatic carbocycles. The van der Waals surface area contributed by atoms with Crippen LogP contribution in [0.3, 0.4) is 0 Å². The maximum atomic E-state index is 12.9. The summed E-state index contributed by atoms with van der Waals surface area (Å²) in [5, 5.41) is 0. The highest BCUT2D eigenvalue weighted by Gasteiger charge is 2.74. The molecule has 33 heavy (non-hydrogen) atoms. The number of esters is 3. The van der Waals surface area contributed by atoms with E-state index in [1.165, 1.54) is 20.8 Å². The van der Waals surface area contributed by atoms with Crippen LogP contribution in [0.2, 0.25) is 0 Å². The van der Waals surface area contributed by atoms with Gasteiger partial charge < -0.3 is 14.2 Å². The number of rotatable bonds is 3. The molecule has 1 spiro atoms. The van der Waals surface area contributed by atoms with Crippen molar-refractivity contribution in [3.05, 3.63) is 24.3 Å². The van der Waals surface area contributed by atoms with Gasteiger partial charge in [-0.1, -0.05) is 33.4 Å². The van der Waals surface area contributed by atoms with E-state index in [0.717, 1.165) is 5.57 Å². The van der Waals surface area contributed by atoms with Gasteiger partial charge in [0.2, 0.25) is 0 Å². The molecule has 0 aromatic carbocycles. The minimum atomic E-state index is -0.802. The average molecular weight is 459 g/mol. The van der Waals surface area contributed by atoms with Crippen LogP contribution in [0.4, 0.5) is 0 Å². The summed E-state index contributed by atoms with van der Waals surface area (Å²) in [4.78, 5) is 49.6. The van der Waals surface area contributed by atoms with Crippen LogP contribution in [0.1, 0.15) is 60.8 Å². The summed E-state index contributed by atoms with van der Waals surface area (Å²) < 4.78 is 17.8. The molecule has 0 aliphatic heterocycles. The summed E-state index contributed by atoms with van der Waals surface area (Å²) in [5.74, 6) is -1.77. The Bertz CT molecular complexity index is 962. The summed E-state index contributed by atoms with van der Waals surface area (Å²) >= 11 is 0. The summed E-state index contributed by atoms with van der Waals surface area (Å²) in [5.41, 5.74) is -1.28. The highest BCUT2D eigenvalue weighted by Crippen LogP contribution is 2.72. The smallest absolute Gasteiger partial charge is 0.303 e. The number of ketones is 1. The number of fused-ring (bicyclic) bond motifs is 3. The normalized spacial score (nSPS) is 42.7. The van der Waals surface area contributed by atoms with Gasteiger partial charge in [-0.15, -0.1) is 0 Å². The van der Waals surface area contributed by atoms with Crippen LogP contribution in [0, 0.1) is 34.0 Å². The van der Waals surface area contributed by atoms with Crippen molar-refractivity contribution in [1.82, 2.24) is 0 Å². The third-order valence-corrected chi connectivity index (χ3v) is 8.90. The van der Waals surface area contributed by atoms with Crippen molar-refractivity contribution in [2.45, 2.75) is 79.1 Å². The second-order valence-electron chi connectivity index (χ2n) is 11.1. The Morgan fingerprint density at radius 1 is 0.970 bits per heavy atom. The van der Waals surface area contributed by atoms with Crippen LogP contribution < -0.4 is 0 Å². The molecule has 0 aromatic heterocycles. The molecular weight excluding hydrogens is 424 g/mol. The van der Waals surface area contributed by atoms with E-state index in [9.17, 15) is 19.2 Å². The lowest BCUT2D eigenvalue weighted by molar-refractivity contribution is -0.240. The lowest BCUT2D eigenvalue weighted by Crippen LogP contribution is -2.68. The minimum absolute atomic E-state index is 0.0209. The van der Waals surface area contributed by atoms with Gasteiger partial charge in [-0.3, -0.25) is 19.2 Å². The van der Waals surface area contributed by atoms with Crippen LogP contribution in [0.15, 0.2) is 24.3 Å². The maximum absolute atomic E-state index is 12.9. The molecule has 0 aromatic rings. The van der Waals surface area contributed by atoms with Crippen molar-refractivity contribution in [1.29, 1.82) is 0 Å². The first-order valence-corrected chi connectivity index (χ1v) is 11.7. The zero-order chi connectivity index (χ0) is 24.5. The lowest BCUT2D eigenvalue weighted by atomic mass is 9.41. The minimum Gasteiger partial charge on any atom is -0.462 e. The van der Waals surface area contributed by atoms with E-state index < -0.39 is 52.5 Å². The highest BCUT2D eigenvalue weighted by molar-refractivity contribution is 5.95. The Hall–Kier alpha value is -2.44. The first-order chi connectivity index (χ1) is 15.2. The van der Waals surface area contributed by atoms with Crippen LogP contribution in [-0.2, 0) is 33.4 Å². The Kier molecular flexibility index (Phi) is 5.42. The van der Waals surface area contributed by atoms with Gasteiger partial charge in [0.05, 0.1) is 5.41 Å². The first-order valence-electron chi connectivity index (χ1n) is 11.7. The van der Waals surface area contributed by atoms with E-state index in [1.807, 2.05) is 19.9 Å². The molecule has 3 fully saturated rings. The third kappa shape index (κ3) is 3.29. The SMILES string of the molecule is C=C1C2CC(OC(C)=O)C3C4(C)C=CC(=O)C(C)(C)C4CC(OC(C)=O)C3(C2)C1OC(C)=O. The standard InChI is InChI=1S/C26H34O7/c1-13-17-10-18(31-14(2)27)22-25(7)9-8-20(30)24(5,6)19(25)11-21(32-15(3)28)26(22,12-17)23(13)33-16(4)29/h8-9,17-19,21-23H,1,10-12H2,2-7H3. The van der Waals surface area contributed by atoms with E-state index >= 15 is 0 Å². The first kappa shape index (κ1) is 23.7. The van der Waals surface area contributed by atoms with Gasteiger partial charge in [0.1, 0.15) is 18.3 Å². The number of allylic oxidation sites excluding steroid dienone is 2. The predicted octanol–water partition coefficient (Wildman–Crippen LogP) is 3.56. The maximum Gasteiger partial charge on any atom is 0.303 e. The fourth-order valence-corrected chi connectivity index (χ4v) is 7.87. The largest absolute Gasteiger partial charge is 0.462 e. The zero-order valence-electron chi connectivity index (χ0n) is 20.3. The van der Waals surface area contributed by atoms with Gasteiger partial charge in [-0.2, -0.15) is 0 Å². The van der Waals surface area contributed by atoms with Gasteiger partial charge >= 0.3 is 17.9 Å². The van der Waals surface area contributed by atoms with Crippen molar-refractivity contribution in [2.75, 3.05) is 0 Å². The average Bonchev–Trinajstić information content (AvgIpc) is 2.88. The molecule has 0 saturated heterocycles. The summed E-state index contributed by atoms with van der Waals surface area (Å²) in [6, 6.07) is 0. The Morgan fingerprint density at radius 3 is 2.15 bits per heavy atom. The van der Waals surface area contributed by atoms with Gasteiger partial charge in [-0.05, 0) is 48.2 Å². The Balaban J connectivity index is 1.98. The molecule has 180 valence electrons.